The molecule has 0 unspecified atom stereocenters. The summed E-state index contributed by atoms with van der Waals surface area (Å²) in [6.07, 6.45) is 0. The highest BCUT2D eigenvalue weighted by Crippen LogP contribution is 2.39. The van der Waals surface area contributed by atoms with Gasteiger partial charge in [0.05, 0.1) is 15.6 Å². The molecule has 0 aliphatic heterocycles. The Kier molecular flexibility index (Phi) is 5.05. The van der Waals surface area contributed by atoms with E-state index in [4.69, 9.17) is 16.7 Å². The molecule has 0 aliphatic carbocycles. The summed E-state index contributed by atoms with van der Waals surface area (Å²) in [5.41, 5.74) is 3.87. The number of nitrogens with two attached hydrogens (primary N) is 1. The summed E-state index contributed by atoms with van der Waals surface area (Å²) in [6, 6.07) is 20.1. The molecule has 3 aromatic rings. The number of sulfonamides is 1. The summed E-state index contributed by atoms with van der Waals surface area (Å²) in [4.78, 5) is 2.01. The zero-order valence-electron chi connectivity index (χ0n) is 14.5. The Hall–Kier alpha value is -2.34. The second-order valence-corrected chi connectivity index (χ2v) is 8.09. The highest BCUT2D eigenvalue weighted by Gasteiger charge is 2.20. The van der Waals surface area contributed by atoms with Crippen LogP contribution in [0.3, 0.4) is 0 Å². The van der Waals surface area contributed by atoms with Crippen LogP contribution < -0.4 is 10.0 Å². The first kappa shape index (κ1) is 18.5. The molecule has 0 aliphatic rings. The minimum Gasteiger partial charge on any atom is -0.376 e. The first-order chi connectivity index (χ1) is 12.3. The zero-order valence-corrected chi connectivity index (χ0v) is 16.1. The molecule has 4 nitrogen and oxygen atoms in total. The maximum Gasteiger partial charge on any atom is 0.238 e. The monoisotopic (exact) mass is 386 g/mol. The second kappa shape index (κ2) is 7.11. The average molecular weight is 387 g/mol. The van der Waals surface area contributed by atoms with Crippen LogP contribution >= 0.6 is 11.6 Å². The minimum atomic E-state index is -3.88. The lowest BCUT2D eigenvalue weighted by atomic mass is 9.94. The number of hydrogen-bond acceptors (Lipinski definition) is 3. The molecule has 0 saturated carbocycles. The summed E-state index contributed by atoms with van der Waals surface area (Å²) in [5.74, 6) is 0. The molecule has 0 radical (unpaired) electrons. The third kappa shape index (κ3) is 3.60. The highest BCUT2D eigenvalue weighted by molar-refractivity contribution is 7.89. The van der Waals surface area contributed by atoms with E-state index in [0.717, 1.165) is 22.4 Å². The standard InChI is InChI=1S/C20H19ClN2O2S/c1-23(2)18-13-15(11-12-17(18)21)16-9-6-10-19(26(22,24)25)20(16)14-7-4-3-5-8-14/h3-13H,1-2H3,(H2,22,24,25). The van der Waals surface area contributed by atoms with Crippen LogP contribution in [-0.2, 0) is 10.0 Å². The van der Waals surface area contributed by atoms with Gasteiger partial charge in [-0.05, 0) is 34.9 Å². The van der Waals surface area contributed by atoms with E-state index in [-0.39, 0.29) is 4.90 Å². The molecule has 0 heterocycles. The molecule has 0 aromatic heterocycles. The predicted molar refractivity (Wildman–Crippen MR) is 108 cm³/mol. The lowest BCUT2D eigenvalue weighted by Crippen LogP contribution is -2.14. The lowest BCUT2D eigenvalue weighted by molar-refractivity contribution is 0.598. The molecule has 6 heteroatoms. The highest BCUT2D eigenvalue weighted by atomic mass is 35.5. The average Bonchev–Trinajstić information content (AvgIpc) is 2.61. The normalized spacial score (nSPS) is 11.4. The molecule has 0 spiro atoms. The second-order valence-electron chi connectivity index (χ2n) is 6.15. The van der Waals surface area contributed by atoms with Crippen molar-refractivity contribution in [2.24, 2.45) is 5.14 Å². The molecule has 2 N–H and O–H groups in total. The Morgan fingerprint density at radius 2 is 1.58 bits per heavy atom. The van der Waals surface area contributed by atoms with Gasteiger partial charge < -0.3 is 4.90 Å². The maximum absolute atomic E-state index is 12.2. The summed E-state index contributed by atoms with van der Waals surface area (Å²) in [7, 11) is -0.0700. The van der Waals surface area contributed by atoms with Crippen molar-refractivity contribution < 1.29 is 8.42 Å². The summed E-state index contributed by atoms with van der Waals surface area (Å²) in [6.45, 7) is 0. The number of anilines is 1. The number of primary sulfonamides is 1. The van der Waals surface area contributed by atoms with E-state index in [1.165, 1.54) is 6.07 Å². The Morgan fingerprint density at radius 1 is 0.885 bits per heavy atom. The largest absolute Gasteiger partial charge is 0.376 e. The van der Waals surface area contributed by atoms with E-state index < -0.39 is 10.0 Å². The molecule has 0 bridgehead atoms. The molecule has 0 saturated heterocycles. The van der Waals surface area contributed by atoms with Gasteiger partial charge in [-0.25, -0.2) is 13.6 Å². The molecule has 0 fully saturated rings. The van der Waals surface area contributed by atoms with Crippen LogP contribution in [0, 0.1) is 0 Å². The lowest BCUT2D eigenvalue weighted by Gasteiger charge is -2.18. The van der Waals surface area contributed by atoms with Crippen molar-refractivity contribution in [3.63, 3.8) is 0 Å². The zero-order chi connectivity index (χ0) is 18.9. The Morgan fingerprint density at radius 3 is 2.19 bits per heavy atom. The van der Waals surface area contributed by atoms with Crippen LogP contribution in [0.5, 0.6) is 0 Å². The van der Waals surface area contributed by atoms with Gasteiger partial charge in [0, 0.05) is 19.7 Å². The van der Waals surface area contributed by atoms with E-state index in [0.29, 0.717) is 10.6 Å². The van der Waals surface area contributed by atoms with Gasteiger partial charge in [-0.3, -0.25) is 0 Å². The number of halogens is 1. The summed E-state index contributed by atoms with van der Waals surface area (Å²) < 4.78 is 24.4. The molecular weight excluding hydrogens is 368 g/mol. The fraction of sp³-hybridized carbons (Fsp3) is 0.100. The van der Waals surface area contributed by atoms with Crippen LogP contribution in [0.1, 0.15) is 0 Å². The fourth-order valence-corrected chi connectivity index (χ4v) is 4.00. The van der Waals surface area contributed by atoms with E-state index in [1.807, 2.05) is 73.6 Å². The third-order valence-corrected chi connectivity index (χ3v) is 5.41. The molecule has 0 amide bonds. The minimum absolute atomic E-state index is 0.0996. The van der Waals surface area contributed by atoms with E-state index in [1.54, 1.807) is 6.07 Å². The van der Waals surface area contributed by atoms with Crippen LogP contribution in [0.25, 0.3) is 22.3 Å². The maximum atomic E-state index is 12.2. The smallest absolute Gasteiger partial charge is 0.238 e. The molecule has 134 valence electrons. The molecular formula is C20H19ClN2O2S. The van der Waals surface area contributed by atoms with Gasteiger partial charge in [0.15, 0.2) is 0 Å². The van der Waals surface area contributed by atoms with Crippen LogP contribution in [0.15, 0.2) is 71.6 Å². The quantitative estimate of drug-likeness (QED) is 0.723. The third-order valence-electron chi connectivity index (χ3n) is 4.13. The van der Waals surface area contributed by atoms with E-state index >= 15 is 0 Å². The van der Waals surface area contributed by atoms with Crippen LogP contribution in [-0.4, -0.2) is 22.5 Å². The van der Waals surface area contributed by atoms with Gasteiger partial charge in [-0.2, -0.15) is 0 Å². The van der Waals surface area contributed by atoms with Crippen molar-refractivity contribution in [2.75, 3.05) is 19.0 Å². The number of nitrogens with zero attached hydrogens (tertiary/aromatic N) is 1. The Bertz CT molecular complexity index is 1050. The van der Waals surface area contributed by atoms with Gasteiger partial charge in [-0.15, -0.1) is 0 Å². The fourth-order valence-electron chi connectivity index (χ4n) is 2.93. The predicted octanol–water partition coefficient (Wildman–Crippen LogP) is 4.39. The van der Waals surface area contributed by atoms with E-state index in [2.05, 4.69) is 0 Å². The van der Waals surface area contributed by atoms with Crippen molar-refractivity contribution in [3.8, 4) is 22.3 Å². The van der Waals surface area contributed by atoms with Crippen molar-refractivity contribution in [2.45, 2.75) is 4.90 Å². The van der Waals surface area contributed by atoms with E-state index in [9.17, 15) is 8.42 Å². The van der Waals surface area contributed by atoms with Crippen LogP contribution in [0.2, 0.25) is 5.02 Å². The first-order valence-corrected chi connectivity index (χ1v) is 9.90. The van der Waals surface area contributed by atoms with Gasteiger partial charge in [0.25, 0.3) is 0 Å². The van der Waals surface area contributed by atoms with Crippen LogP contribution in [0.4, 0.5) is 5.69 Å². The van der Waals surface area contributed by atoms with Gasteiger partial charge in [0.1, 0.15) is 0 Å². The topological polar surface area (TPSA) is 63.4 Å². The molecule has 3 aromatic carbocycles. The number of rotatable bonds is 4. The van der Waals surface area contributed by atoms with Crippen molar-refractivity contribution in [1.82, 2.24) is 0 Å². The van der Waals surface area contributed by atoms with Gasteiger partial charge in [-0.1, -0.05) is 60.1 Å². The number of benzene rings is 3. The Labute approximate surface area is 158 Å². The van der Waals surface area contributed by atoms with Crippen molar-refractivity contribution >= 4 is 27.3 Å². The summed E-state index contributed by atoms with van der Waals surface area (Å²) >= 11 is 6.28. The van der Waals surface area contributed by atoms with Gasteiger partial charge >= 0.3 is 0 Å². The summed E-state index contributed by atoms with van der Waals surface area (Å²) in [5, 5.41) is 6.11. The van der Waals surface area contributed by atoms with Gasteiger partial charge in [0.2, 0.25) is 10.0 Å². The molecule has 3 rings (SSSR count). The molecule has 26 heavy (non-hydrogen) atoms. The van der Waals surface area contributed by atoms with Crippen molar-refractivity contribution in [1.29, 1.82) is 0 Å². The molecule has 0 atom stereocenters. The SMILES string of the molecule is CN(C)c1cc(-c2cccc(S(N)(=O)=O)c2-c2ccccc2)ccc1Cl. The first-order valence-electron chi connectivity index (χ1n) is 7.97. The van der Waals surface area contributed by atoms with Crippen molar-refractivity contribution in [3.05, 3.63) is 71.8 Å². The Balaban J connectivity index is 2.35. The number of hydrogen-bond donors (Lipinski definition) is 1.